The lowest BCUT2D eigenvalue weighted by molar-refractivity contribution is -0.122. The number of benzene rings is 5. The highest BCUT2D eigenvalue weighted by Crippen LogP contribution is 2.46. The molecule has 8 rings (SSSR count). The van der Waals surface area contributed by atoms with Crippen LogP contribution in [0.25, 0.3) is 22.0 Å². The number of nitrogens with one attached hydrogen (secondary N) is 1. The van der Waals surface area contributed by atoms with E-state index in [1.165, 1.54) is 4.90 Å². The Morgan fingerprint density at radius 1 is 0.830 bits per heavy atom. The van der Waals surface area contributed by atoms with E-state index in [-0.39, 0.29) is 18.0 Å². The number of nitriles is 1. The van der Waals surface area contributed by atoms with Gasteiger partial charge in [-0.05, 0) is 78.3 Å². The number of hydrogen-bond donors (Lipinski definition) is 2. The molecule has 0 bridgehead atoms. The summed E-state index contributed by atoms with van der Waals surface area (Å²) in [5, 5.41) is 29.6. The standard InChI is InChI=1S/C44H38ClN5O3/c45-38-20-18-30(28-46)26-36(38)31-19-21-39-37(27-31)40(47-41(51)32-22-25-43(23-10-11-24-43)49(29-32)42(52)53)48-50(39)44(33-12-4-1-5-13-33,34-14-6-2-7-15-34)35-16-8-3-9-17-35/h1-9,12-21,26-27,32H,10-11,22-25,29H2,(H,52,53)(H,47,48,51). The molecule has 53 heavy (non-hydrogen) atoms. The van der Waals surface area contributed by atoms with Crippen LogP contribution >= 0.6 is 11.6 Å². The molecule has 8 nitrogen and oxygen atoms in total. The summed E-state index contributed by atoms with van der Waals surface area (Å²) in [6.07, 6.45) is 3.95. The second-order valence-electron chi connectivity index (χ2n) is 14.2. The Balaban J connectivity index is 1.33. The Morgan fingerprint density at radius 2 is 1.43 bits per heavy atom. The number of carboxylic acid groups (broad SMARTS) is 1. The van der Waals surface area contributed by atoms with E-state index in [4.69, 9.17) is 16.7 Å². The van der Waals surface area contributed by atoms with E-state index in [9.17, 15) is 20.0 Å². The first-order chi connectivity index (χ1) is 25.8. The number of anilines is 1. The van der Waals surface area contributed by atoms with Crippen molar-refractivity contribution < 1.29 is 14.7 Å². The molecule has 264 valence electrons. The van der Waals surface area contributed by atoms with Gasteiger partial charge in [0.15, 0.2) is 5.82 Å². The summed E-state index contributed by atoms with van der Waals surface area (Å²) in [6.45, 7) is 0.142. The van der Waals surface area contributed by atoms with Crippen LogP contribution in [0.2, 0.25) is 5.02 Å². The molecule has 9 heteroatoms. The molecule has 1 spiro atoms. The third kappa shape index (κ3) is 5.91. The number of aromatic nitrogens is 2. The van der Waals surface area contributed by atoms with Gasteiger partial charge in [-0.2, -0.15) is 10.4 Å². The molecule has 6 aromatic rings. The van der Waals surface area contributed by atoms with Gasteiger partial charge in [0.05, 0.1) is 23.1 Å². The molecule has 2 fully saturated rings. The zero-order valence-electron chi connectivity index (χ0n) is 29.1. The molecule has 1 aliphatic carbocycles. The molecule has 2 aliphatic rings. The SMILES string of the molecule is N#Cc1ccc(Cl)c(-c2ccc3c(c2)c(NC(=O)C2CCC4(CCCC4)N(C(=O)O)C2)nn3C(c2ccccc2)(c2ccccc2)c2ccccc2)c1. The number of carbonyl (C=O) groups is 2. The Morgan fingerprint density at radius 3 is 2.00 bits per heavy atom. The van der Waals surface area contributed by atoms with Gasteiger partial charge < -0.3 is 15.3 Å². The second-order valence-corrected chi connectivity index (χ2v) is 14.6. The average Bonchev–Trinajstić information content (AvgIpc) is 3.81. The molecule has 2 N–H and O–H groups in total. The van der Waals surface area contributed by atoms with Crippen molar-refractivity contribution in [1.29, 1.82) is 5.26 Å². The zero-order valence-corrected chi connectivity index (χ0v) is 29.8. The number of halogens is 1. The van der Waals surface area contributed by atoms with Crippen LogP contribution in [0, 0.1) is 17.2 Å². The second kappa shape index (κ2) is 13.9. The number of amides is 2. The van der Waals surface area contributed by atoms with Crippen molar-refractivity contribution in [1.82, 2.24) is 14.7 Å². The highest BCUT2D eigenvalue weighted by molar-refractivity contribution is 6.33. The molecule has 1 aromatic heterocycles. The number of likely N-dealkylation sites (tertiary alicyclic amines) is 1. The third-order valence-corrected chi connectivity index (χ3v) is 11.6. The summed E-state index contributed by atoms with van der Waals surface area (Å²) in [4.78, 5) is 28.4. The average molecular weight is 720 g/mol. The maximum absolute atomic E-state index is 14.3. The summed E-state index contributed by atoms with van der Waals surface area (Å²) in [7, 11) is 0. The molecular formula is C44H38ClN5O3. The van der Waals surface area contributed by atoms with Crippen molar-refractivity contribution in [3.8, 4) is 17.2 Å². The van der Waals surface area contributed by atoms with Crippen molar-refractivity contribution in [2.24, 2.45) is 5.92 Å². The van der Waals surface area contributed by atoms with E-state index in [0.717, 1.165) is 53.5 Å². The van der Waals surface area contributed by atoms with Crippen molar-refractivity contribution >= 4 is 40.3 Å². The number of piperidine rings is 1. The van der Waals surface area contributed by atoms with E-state index in [1.54, 1.807) is 18.2 Å². The highest BCUT2D eigenvalue weighted by Gasteiger charge is 2.48. The number of fused-ring (bicyclic) bond motifs is 1. The van der Waals surface area contributed by atoms with Gasteiger partial charge >= 0.3 is 6.09 Å². The molecule has 2 heterocycles. The Kier molecular flexibility index (Phi) is 8.97. The number of nitrogens with zero attached hydrogens (tertiary/aromatic N) is 4. The van der Waals surface area contributed by atoms with Crippen molar-refractivity contribution in [2.75, 3.05) is 11.9 Å². The van der Waals surface area contributed by atoms with Gasteiger partial charge in [0.25, 0.3) is 0 Å². The summed E-state index contributed by atoms with van der Waals surface area (Å²) in [5.74, 6) is -0.450. The predicted molar refractivity (Wildman–Crippen MR) is 207 cm³/mol. The number of hydrogen-bond acceptors (Lipinski definition) is 4. The Hall–Kier alpha value is -5.91. The number of carbonyl (C=O) groups excluding carboxylic acids is 1. The molecule has 1 aliphatic heterocycles. The quantitative estimate of drug-likeness (QED) is 0.160. The molecule has 2 amide bonds. The van der Waals surface area contributed by atoms with Crippen molar-refractivity contribution in [3.63, 3.8) is 0 Å². The number of rotatable bonds is 7. The first kappa shape index (κ1) is 34.2. The Labute approximate surface area is 313 Å². The van der Waals surface area contributed by atoms with Gasteiger partial charge in [-0.3, -0.25) is 4.79 Å². The van der Waals surface area contributed by atoms with Gasteiger partial charge in [0, 0.05) is 28.1 Å². The van der Waals surface area contributed by atoms with Gasteiger partial charge in [-0.25, -0.2) is 9.48 Å². The van der Waals surface area contributed by atoms with Gasteiger partial charge in [0.1, 0.15) is 5.54 Å². The lowest BCUT2D eigenvalue weighted by Gasteiger charge is -2.45. The summed E-state index contributed by atoms with van der Waals surface area (Å²) in [5.41, 5.74) is 4.24. The first-order valence-corrected chi connectivity index (χ1v) is 18.4. The fourth-order valence-electron chi connectivity index (χ4n) is 8.70. The highest BCUT2D eigenvalue weighted by atomic mass is 35.5. The fraction of sp³-hybridized carbons (Fsp3) is 0.227. The lowest BCUT2D eigenvalue weighted by Crippen LogP contribution is -2.56. The molecule has 1 unspecified atom stereocenters. The third-order valence-electron chi connectivity index (χ3n) is 11.3. The van der Waals surface area contributed by atoms with Crippen LogP contribution in [0.1, 0.15) is 60.8 Å². The topological polar surface area (TPSA) is 111 Å². The summed E-state index contributed by atoms with van der Waals surface area (Å²) in [6, 6.07) is 43.9. The minimum absolute atomic E-state index is 0.142. The normalized spacial score (nSPS) is 16.8. The predicted octanol–water partition coefficient (Wildman–Crippen LogP) is 9.71. The largest absolute Gasteiger partial charge is 0.465 e. The van der Waals surface area contributed by atoms with Crippen LogP contribution < -0.4 is 5.32 Å². The molecule has 1 saturated heterocycles. The van der Waals surface area contributed by atoms with E-state index >= 15 is 0 Å². The molecule has 0 radical (unpaired) electrons. The van der Waals surface area contributed by atoms with Crippen LogP contribution in [-0.2, 0) is 10.3 Å². The van der Waals surface area contributed by atoms with E-state index < -0.39 is 17.6 Å². The summed E-state index contributed by atoms with van der Waals surface area (Å²) >= 11 is 6.72. The monoisotopic (exact) mass is 719 g/mol. The van der Waals surface area contributed by atoms with E-state index in [0.29, 0.717) is 40.2 Å². The maximum Gasteiger partial charge on any atom is 0.407 e. The van der Waals surface area contributed by atoms with Gasteiger partial charge in [-0.1, -0.05) is 122 Å². The van der Waals surface area contributed by atoms with Crippen LogP contribution in [0.3, 0.4) is 0 Å². The van der Waals surface area contributed by atoms with Crippen LogP contribution in [0.4, 0.5) is 10.6 Å². The fourth-order valence-corrected chi connectivity index (χ4v) is 8.93. The maximum atomic E-state index is 14.3. The molecule has 1 atom stereocenters. The van der Waals surface area contributed by atoms with Gasteiger partial charge in [-0.15, -0.1) is 0 Å². The first-order valence-electron chi connectivity index (χ1n) is 18.1. The van der Waals surface area contributed by atoms with E-state index in [1.807, 2.05) is 77.5 Å². The van der Waals surface area contributed by atoms with Crippen molar-refractivity contribution in [3.05, 3.63) is 155 Å². The minimum Gasteiger partial charge on any atom is -0.465 e. The van der Waals surface area contributed by atoms with Crippen molar-refractivity contribution in [2.45, 2.75) is 49.6 Å². The van der Waals surface area contributed by atoms with Crippen LogP contribution in [0.15, 0.2) is 127 Å². The van der Waals surface area contributed by atoms with Crippen LogP contribution in [0.5, 0.6) is 0 Å². The molecule has 1 saturated carbocycles. The molecule has 5 aromatic carbocycles. The Bertz CT molecular complexity index is 2250. The summed E-state index contributed by atoms with van der Waals surface area (Å²) < 4.78 is 1.99. The smallest absolute Gasteiger partial charge is 0.407 e. The van der Waals surface area contributed by atoms with Gasteiger partial charge in [0.2, 0.25) is 5.91 Å². The lowest BCUT2D eigenvalue weighted by atomic mass is 9.77. The van der Waals surface area contributed by atoms with Crippen LogP contribution in [-0.4, -0.2) is 43.9 Å². The van der Waals surface area contributed by atoms with E-state index in [2.05, 4.69) is 47.8 Å². The zero-order chi connectivity index (χ0) is 36.6. The minimum atomic E-state index is -0.974. The molecular weight excluding hydrogens is 682 g/mol.